The van der Waals surface area contributed by atoms with Gasteiger partial charge in [0.2, 0.25) is 10.0 Å². The van der Waals surface area contributed by atoms with Crippen LogP contribution in [0.15, 0.2) is 41.3 Å². The summed E-state index contributed by atoms with van der Waals surface area (Å²) in [6.45, 7) is 1.72. The average Bonchev–Trinajstić information content (AvgIpc) is 2.93. The van der Waals surface area contributed by atoms with Crippen molar-refractivity contribution in [3.05, 3.63) is 57.1 Å². The van der Waals surface area contributed by atoms with Gasteiger partial charge in [-0.15, -0.1) is 0 Å². The van der Waals surface area contributed by atoms with Gasteiger partial charge in [-0.1, -0.05) is 11.6 Å². The quantitative estimate of drug-likeness (QED) is 0.289. The second kappa shape index (κ2) is 12.1. The van der Waals surface area contributed by atoms with E-state index in [9.17, 15) is 28.1 Å². The van der Waals surface area contributed by atoms with Crippen LogP contribution in [0.5, 0.6) is 0 Å². The van der Waals surface area contributed by atoms with Gasteiger partial charge in [0.05, 0.1) is 45.0 Å². The van der Waals surface area contributed by atoms with Crippen molar-refractivity contribution >= 4 is 50.6 Å². The molecule has 0 unspecified atom stereocenters. The van der Waals surface area contributed by atoms with Gasteiger partial charge in [-0.3, -0.25) is 14.9 Å². The van der Waals surface area contributed by atoms with Gasteiger partial charge < -0.3 is 19.7 Å². The number of nitrogens with zero attached hydrogens (tertiary/aromatic N) is 3. The maximum atomic E-state index is 13.2. The Bertz CT molecular complexity index is 1320. The number of ether oxygens (including phenoxy) is 2. The number of esters is 1. The smallest absolute Gasteiger partial charge is 0.340 e. The van der Waals surface area contributed by atoms with Gasteiger partial charge in [0.25, 0.3) is 11.6 Å². The highest BCUT2D eigenvalue weighted by Crippen LogP contribution is 2.30. The third-order valence-corrected chi connectivity index (χ3v) is 8.47. The largest absolute Gasteiger partial charge is 0.452 e. The number of carbonyl (C=O) groups is 2. The topological polar surface area (TPSA) is 148 Å². The van der Waals surface area contributed by atoms with Crippen molar-refractivity contribution in [3.8, 4) is 0 Å². The summed E-state index contributed by atoms with van der Waals surface area (Å²) in [5.41, 5.74) is 0.458. The summed E-state index contributed by atoms with van der Waals surface area (Å²) in [4.78, 5) is 37.8. The first-order valence-electron chi connectivity index (χ1n) is 12.0. The standard InChI is InChI=1S/C24H27ClN4O8S/c25-20-14-17(29(32)33)4-6-21(20)26-23(30)16-37-24(31)19-15-18(38(34,35)28-10-12-36-13-11-28)5-7-22(19)27-8-2-1-3-9-27/h4-7,14-15H,1-3,8-13,16H2,(H,26,30). The Morgan fingerprint density at radius 2 is 1.76 bits per heavy atom. The molecule has 204 valence electrons. The molecule has 4 rings (SSSR count). The number of morpholine rings is 1. The number of benzene rings is 2. The van der Waals surface area contributed by atoms with Crippen LogP contribution < -0.4 is 10.2 Å². The van der Waals surface area contributed by atoms with Gasteiger partial charge in [0.1, 0.15) is 0 Å². The normalized spacial score (nSPS) is 16.6. The molecule has 0 aliphatic carbocycles. The molecule has 0 aromatic heterocycles. The molecule has 12 nitrogen and oxygen atoms in total. The van der Waals surface area contributed by atoms with Crippen LogP contribution in [0.25, 0.3) is 0 Å². The van der Waals surface area contributed by atoms with E-state index in [0.29, 0.717) is 18.8 Å². The van der Waals surface area contributed by atoms with Gasteiger partial charge >= 0.3 is 5.97 Å². The van der Waals surface area contributed by atoms with E-state index in [0.717, 1.165) is 25.3 Å². The number of non-ortho nitro benzene ring substituents is 1. The zero-order chi connectivity index (χ0) is 27.3. The zero-order valence-electron chi connectivity index (χ0n) is 20.4. The molecule has 1 N–H and O–H groups in total. The van der Waals surface area contributed by atoms with E-state index in [1.165, 1.54) is 28.6 Å². The molecule has 38 heavy (non-hydrogen) atoms. The van der Waals surface area contributed by atoms with Crippen molar-refractivity contribution in [1.29, 1.82) is 0 Å². The number of nitro benzene ring substituents is 1. The average molecular weight is 567 g/mol. The molecule has 0 spiro atoms. The van der Waals surface area contributed by atoms with Crippen LogP contribution in [0.1, 0.15) is 29.6 Å². The minimum absolute atomic E-state index is 0.0439. The molecule has 2 aromatic carbocycles. The zero-order valence-corrected chi connectivity index (χ0v) is 22.0. The lowest BCUT2D eigenvalue weighted by Crippen LogP contribution is -2.40. The number of sulfonamides is 1. The van der Waals surface area contributed by atoms with E-state index in [2.05, 4.69) is 5.32 Å². The number of hydrogen-bond donors (Lipinski definition) is 1. The van der Waals surface area contributed by atoms with E-state index in [1.54, 1.807) is 6.07 Å². The molecule has 0 bridgehead atoms. The number of anilines is 2. The maximum Gasteiger partial charge on any atom is 0.340 e. The number of amides is 1. The fourth-order valence-corrected chi connectivity index (χ4v) is 5.96. The number of hydrogen-bond acceptors (Lipinski definition) is 9. The first-order chi connectivity index (χ1) is 18.2. The molecule has 2 aliphatic heterocycles. The van der Waals surface area contributed by atoms with Crippen LogP contribution in [-0.4, -0.2) is 75.5 Å². The van der Waals surface area contributed by atoms with Crippen molar-refractivity contribution in [2.24, 2.45) is 0 Å². The third kappa shape index (κ3) is 6.41. The summed E-state index contributed by atoms with van der Waals surface area (Å²) >= 11 is 6.01. The number of carbonyl (C=O) groups excluding carboxylic acids is 2. The Balaban J connectivity index is 1.52. The lowest BCUT2D eigenvalue weighted by Gasteiger charge is -2.31. The molecular formula is C24H27ClN4O8S. The van der Waals surface area contributed by atoms with Crippen LogP contribution in [0, 0.1) is 10.1 Å². The molecule has 0 saturated carbocycles. The summed E-state index contributed by atoms with van der Waals surface area (Å²) in [5, 5.41) is 13.3. The van der Waals surface area contributed by atoms with Crippen molar-refractivity contribution < 1.29 is 32.4 Å². The van der Waals surface area contributed by atoms with Crippen molar-refractivity contribution in [2.45, 2.75) is 24.2 Å². The summed E-state index contributed by atoms with van der Waals surface area (Å²) in [5.74, 6) is -1.57. The lowest BCUT2D eigenvalue weighted by molar-refractivity contribution is -0.384. The van der Waals surface area contributed by atoms with Crippen LogP contribution in [0.2, 0.25) is 5.02 Å². The van der Waals surface area contributed by atoms with Gasteiger partial charge in [-0.25, -0.2) is 13.2 Å². The van der Waals surface area contributed by atoms with E-state index in [-0.39, 0.29) is 53.2 Å². The van der Waals surface area contributed by atoms with Gasteiger partial charge in [0, 0.05) is 38.3 Å². The first kappa shape index (κ1) is 27.8. The van der Waals surface area contributed by atoms with Crippen LogP contribution in [0.4, 0.5) is 17.1 Å². The second-order valence-electron chi connectivity index (χ2n) is 8.79. The third-order valence-electron chi connectivity index (χ3n) is 6.26. The minimum Gasteiger partial charge on any atom is -0.452 e. The fraction of sp³-hybridized carbons (Fsp3) is 0.417. The molecule has 1 amide bonds. The monoisotopic (exact) mass is 566 g/mol. The number of nitrogens with one attached hydrogen (secondary N) is 1. The Morgan fingerprint density at radius 3 is 2.42 bits per heavy atom. The van der Waals surface area contributed by atoms with Gasteiger partial charge in [-0.2, -0.15) is 4.31 Å². The van der Waals surface area contributed by atoms with Gasteiger partial charge in [-0.05, 0) is 43.5 Å². The molecule has 2 heterocycles. The molecule has 2 saturated heterocycles. The Kier molecular flexibility index (Phi) is 8.82. The minimum atomic E-state index is -3.87. The molecule has 0 radical (unpaired) electrons. The predicted molar refractivity (Wildman–Crippen MR) is 139 cm³/mol. The second-order valence-corrected chi connectivity index (χ2v) is 11.1. The number of halogens is 1. The van der Waals surface area contributed by atoms with Crippen molar-refractivity contribution in [1.82, 2.24) is 4.31 Å². The predicted octanol–water partition coefficient (Wildman–Crippen LogP) is 3.05. The molecule has 2 aromatic rings. The first-order valence-corrected chi connectivity index (χ1v) is 13.9. The summed E-state index contributed by atoms with van der Waals surface area (Å²) in [6.07, 6.45) is 2.92. The summed E-state index contributed by atoms with van der Waals surface area (Å²) < 4.78 is 38.2. The highest BCUT2D eigenvalue weighted by atomic mass is 35.5. The SMILES string of the molecule is O=C(COC(=O)c1cc(S(=O)(=O)N2CCOCC2)ccc1N1CCCCC1)Nc1ccc([N+](=O)[O-])cc1Cl. The molecular weight excluding hydrogens is 540 g/mol. The summed E-state index contributed by atoms with van der Waals surface area (Å²) in [7, 11) is -3.87. The van der Waals surface area contributed by atoms with E-state index in [4.69, 9.17) is 21.1 Å². The Hall–Kier alpha value is -3.26. The van der Waals surface area contributed by atoms with E-state index >= 15 is 0 Å². The lowest BCUT2D eigenvalue weighted by atomic mass is 10.1. The highest BCUT2D eigenvalue weighted by Gasteiger charge is 2.29. The Morgan fingerprint density at radius 1 is 1.05 bits per heavy atom. The van der Waals surface area contributed by atoms with Crippen molar-refractivity contribution in [2.75, 3.05) is 56.2 Å². The molecule has 14 heteroatoms. The van der Waals surface area contributed by atoms with E-state index in [1.807, 2.05) is 4.90 Å². The Labute approximate surface area is 224 Å². The van der Waals surface area contributed by atoms with E-state index < -0.39 is 33.4 Å². The molecule has 2 aliphatic rings. The van der Waals surface area contributed by atoms with Crippen LogP contribution >= 0.6 is 11.6 Å². The van der Waals surface area contributed by atoms with Crippen LogP contribution in [0.3, 0.4) is 0 Å². The van der Waals surface area contributed by atoms with Crippen LogP contribution in [-0.2, 0) is 24.3 Å². The van der Waals surface area contributed by atoms with Crippen molar-refractivity contribution in [3.63, 3.8) is 0 Å². The maximum absolute atomic E-state index is 13.2. The number of rotatable bonds is 8. The number of nitro groups is 1. The number of piperidine rings is 1. The van der Waals surface area contributed by atoms with Gasteiger partial charge in [0.15, 0.2) is 6.61 Å². The fourth-order valence-electron chi connectivity index (χ4n) is 4.30. The molecule has 2 fully saturated rings. The highest BCUT2D eigenvalue weighted by molar-refractivity contribution is 7.89. The molecule has 0 atom stereocenters. The summed E-state index contributed by atoms with van der Waals surface area (Å²) in [6, 6.07) is 7.92.